The lowest BCUT2D eigenvalue weighted by Gasteiger charge is -2.37. The zero-order chi connectivity index (χ0) is 17.1. The quantitative estimate of drug-likeness (QED) is 0.794. The number of ether oxygens (including phenoxy) is 1. The standard InChI is InChI=1S/C18H20BrNO3S/c1-23-14-6-2-4-12(10-14)17(15-7-8-16(19)24-15)20-9-3-5-13(11-20)18(21)22/h2,4,6-8,10,13,17H,3,5,9,11H2,1H3,(H,21,22). The fraction of sp³-hybridized carbons (Fsp3) is 0.389. The van der Waals surface area contributed by atoms with Crippen molar-refractivity contribution in [3.05, 3.63) is 50.6 Å². The Morgan fingerprint density at radius 2 is 2.25 bits per heavy atom. The number of halogens is 1. The molecule has 2 aromatic rings. The molecule has 2 atom stereocenters. The highest BCUT2D eigenvalue weighted by molar-refractivity contribution is 9.11. The Kier molecular flexibility index (Phi) is 5.58. The van der Waals surface area contributed by atoms with Gasteiger partial charge in [0.2, 0.25) is 0 Å². The van der Waals surface area contributed by atoms with Crippen LogP contribution in [0.2, 0.25) is 0 Å². The lowest BCUT2D eigenvalue weighted by molar-refractivity contribution is -0.143. The Labute approximate surface area is 154 Å². The van der Waals surface area contributed by atoms with Crippen molar-refractivity contribution < 1.29 is 14.6 Å². The summed E-state index contributed by atoms with van der Waals surface area (Å²) in [6, 6.07) is 12.3. The van der Waals surface area contributed by atoms with E-state index in [0.29, 0.717) is 6.54 Å². The number of thiophene rings is 1. The molecular weight excluding hydrogens is 390 g/mol. The van der Waals surface area contributed by atoms with Gasteiger partial charge in [-0.2, -0.15) is 0 Å². The fourth-order valence-electron chi connectivity index (χ4n) is 3.28. The largest absolute Gasteiger partial charge is 0.497 e. The molecule has 0 saturated carbocycles. The monoisotopic (exact) mass is 409 g/mol. The van der Waals surface area contributed by atoms with Gasteiger partial charge in [-0.05, 0) is 65.1 Å². The molecule has 1 aromatic heterocycles. The van der Waals surface area contributed by atoms with Crippen LogP contribution < -0.4 is 4.74 Å². The van der Waals surface area contributed by atoms with E-state index >= 15 is 0 Å². The predicted molar refractivity (Wildman–Crippen MR) is 98.8 cm³/mol. The number of benzene rings is 1. The number of hydrogen-bond donors (Lipinski definition) is 1. The Morgan fingerprint density at radius 3 is 2.92 bits per heavy atom. The highest BCUT2D eigenvalue weighted by Gasteiger charge is 2.32. The molecule has 4 nitrogen and oxygen atoms in total. The number of nitrogens with zero attached hydrogens (tertiary/aromatic N) is 1. The second-order valence-corrected chi connectivity index (χ2v) is 8.49. The molecule has 0 radical (unpaired) electrons. The highest BCUT2D eigenvalue weighted by atomic mass is 79.9. The van der Waals surface area contributed by atoms with Crippen LogP contribution in [0.5, 0.6) is 5.75 Å². The van der Waals surface area contributed by atoms with Crippen LogP contribution in [-0.2, 0) is 4.79 Å². The number of rotatable bonds is 5. The minimum Gasteiger partial charge on any atom is -0.497 e. The van der Waals surface area contributed by atoms with Crippen molar-refractivity contribution in [1.82, 2.24) is 4.90 Å². The number of likely N-dealkylation sites (tertiary alicyclic amines) is 1. The van der Waals surface area contributed by atoms with E-state index in [0.717, 1.165) is 34.5 Å². The molecule has 1 saturated heterocycles. The Bertz CT molecular complexity index is 718. The second kappa shape index (κ2) is 7.68. The molecule has 24 heavy (non-hydrogen) atoms. The van der Waals surface area contributed by atoms with Crippen LogP contribution in [0.25, 0.3) is 0 Å². The van der Waals surface area contributed by atoms with Gasteiger partial charge in [0.15, 0.2) is 0 Å². The summed E-state index contributed by atoms with van der Waals surface area (Å²) in [7, 11) is 1.66. The molecule has 3 rings (SSSR count). The number of aliphatic carboxylic acids is 1. The van der Waals surface area contributed by atoms with Gasteiger partial charge in [-0.3, -0.25) is 9.69 Å². The predicted octanol–water partition coefficient (Wildman–Crippen LogP) is 4.41. The second-order valence-electron chi connectivity index (χ2n) is 5.99. The Morgan fingerprint density at radius 1 is 1.42 bits per heavy atom. The van der Waals surface area contributed by atoms with Crippen LogP contribution in [0.4, 0.5) is 0 Å². The van der Waals surface area contributed by atoms with Crippen LogP contribution in [0, 0.1) is 5.92 Å². The zero-order valence-electron chi connectivity index (χ0n) is 13.4. The van der Waals surface area contributed by atoms with E-state index in [1.165, 1.54) is 4.88 Å². The van der Waals surface area contributed by atoms with Crippen molar-refractivity contribution in [1.29, 1.82) is 0 Å². The SMILES string of the molecule is COc1cccc(C(c2ccc(Br)s2)N2CCCC(C(=O)O)C2)c1. The number of carboxylic acid groups (broad SMARTS) is 1. The van der Waals surface area contributed by atoms with Gasteiger partial charge < -0.3 is 9.84 Å². The molecular formula is C18H20BrNO3S. The molecule has 6 heteroatoms. The van der Waals surface area contributed by atoms with Crippen molar-refractivity contribution in [3.8, 4) is 5.75 Å². The lowest BCUT2D eigenvalue weighted by atomic mass is 9.94. The van der Waals surface area contributed by atoms with Crippen LogP contribution in [-0.4, -0.2) is 36.2 Å². The van der Waals surface area contributed by atoms with E-state index in [1.54, 1.807) is 18.4 Å². The first-order valence-corrected chi connectivity index (χ1v) is 9.55. The third-order valence-electron chi connectivity index (χ3n) is 4.44. The van der Waals surface area contributed by atoms with Crippen LogP contribution in [0.15, 0.2) is 40.2 Å². The molecule has 128 valence electrons. The number of piperidine rings is 1. The smallest absolute Gasteiger partial charge is 0.307 e. The third kappa shape index (κ3) is 3.82. The summed E-state index contributed by atoms with van der Waals surface area (Å²) in [6.45, 7) is 1.48. The normalized spacial score (nSPS) is 19.8. The maximum absolute atomic E-state index is 11.4. The molecule has 1 N–H and O–H groups in total. The van der Waals surface area contributed by atoms with Gasteiger partial charge in [0, 0.05) is 11.4 Å². The summed E-state index contributed by atoms with van der Waals surface area (Å²) in [5.74, 6) is -0.174. The zero-order valence-corrected chi connectivity index (χ0v) is 15.8. The van der Waals surface area contributed by atoms with Crippen molar-refractivity contribution in [2.75, 3.05) is 20.2 Å². The number of carboxylic acids is 1. The van der Waals surface area contributed by atoms with Gasteiger partial charge in [0.1, 0.15) is 5.75 Å². The molecule has 2 unspecified atom stereocenters. The van der Waals surface area contributed by atoms with Crippen molar-refractivity contribution >= 4 is 33.2 Å². The van der Waals surface area contributed by atoms with E-state index < -0.39 is 5.97 Å². The summed E-state index contributed by atoms with van der Waals surface area (Å²) in [6.07, 6.45) is 1.66. The van der Waals surface area contributed by atoms with E-state index in [-0.39, 0.29) is 12.0 Å². The lowest BCUT2D eigenvalue weighted by Crippen LogP contribution is -2.41. The third-order valence-corrected chi connectivity index (χ3v) is 6.12. The molecule has 2 heterocycles. The van der Waals surface area contributed by atoms with Gasteiger partial charge in [-0.25, -0.2) is 0 Å². The average molecular weight is 410 g/mol. The molecule has 1 aliphatic rings. The van der Waals surface area contributed by atoms with E-state index in [9.17, 15) is 9.90 Å². The summed E-state index contributed by atoms with van der Waals surface area (Å²) in [5.41, 5.74) is 1.13. The number of carbonyl (C=O) groups is 1. The molecule has 1 aromatic carbocycles. The number of hydrogen-bond acceptors (Lipinski definition) is 4. The molecule has 1 aliphatic heterocycles. The van der Waals surface area contributed by atoms with Crippen molar-refractivity contribution in [2.45, 2.75) is 18.9 Å². The van der Waals surface area contributed by atoms with Gasteiger partial charge >= 0.3 is 5.97 Å². The molecule has 0 bridgehead atoms. The minimum atomic E-state index is -0.698. The Balaban J connectivity index is 1.97. The van der Waals surface area contributed by atoms with Crippen LogP contribution >= 0.6 is 27.3 Å². The minimum absolute atomic E-state index is 0.0542. The van der Waals surface area contributed by atoms with E-state index in [1.807, 2.05) is 24.3 Å². The molecule has 0 amide bonds. The summed E-state index contributed by atoms with van der Waals surface area (Å²) < 4.78 is 6.46. The maximum Gasteiger partial charge on any atom is 0.307 e. The van der Waals surface area contributed by atoms with E-state index in [2.05, 4.69) is 33.0 Å². The topological polar surface area (TPSA) is 49.8 Å². The summed E-state index contributed by atoms with van der Waals surface area (Å²) >= 11 is 5.24. The first-order valence-electron chi connectivity index (χ1n) is 7.94. The van der Waals surface area contributed by atoms with Gasteiger partial charge in [0.05, 0.1) is 22.9 Å². The summed E-state index contributed by atoms with van der Waals surface area (Å²) in [4.78, 5) is 14.9. The first-order chi connectivity index (χ1) is 11.6. The Hall–Kier alpha value is -1.37. The van der Waals surface area contributed by atoms with Crippen molar-refractivity contribution in [3.63, 3.8) is 0 Å². The van der Waals surface area contributed by atoms with Gasteiger partial charge in [-0.1, -0.05) is 12.1 Å². The van der Waals surface area contributed by atoms with Crippen molar-refractivity contribution in [2.24, 2.45) is 5.92 Å². The van der Waals surface area contributed by atoms with Gasteiger partial charge in [0.25, 0.3) is 0 Å². The average Bonchev–Trinajstić information content (AvgIpc) is 3.01. The maximum atomic E-state index is 11.4. The molecule has 0 aliphatic carbocycles. The highest BCUT2D eigenvalue weighted by Crippen LogP contribution is 2.38. The summed E-state index contributed by atoms with van der Waals surface area (Å²) in [5, 5.41) is 9.41. The molecule has 0 spiro atoms. The fourth-order valence-corrected chi connectivity index (χ4v) is 4.87. The molecule has 1 fully saturated rings. The first kappa shape index (κ1) is 17.5. The van der Waals surface area contributed by atoms with Crippen LogP contribution in [0.1, 0.15) is 29.3 Å². The number of methoxy groups -OCH3 is 1. The van der Waals surface area contributed by atoms with Crippen LogP contribution in [0.3, 0.4) is 0 Å². The van der Waals surface area contributed by atoms with Gasteiger partial charge in [-0.15, -0.1) is 11.3 Å². The van der Waals surface area contributed by atoms with E-state index in [4.69, 9.17) is 4.74 Å².